The molecule has 9 heteroatoms. The molecule has 0 bridgehead atoms. The number of para-hydroxylation sites is 1. The number of fused-ring (bicyclic) bond motifs is 2. The quantitative estimate of drug-likeness (QED) is 0.506. The third-order valence-corrected chi connectivity index (χ3v) is 5.86. The highest BCUT2D eigenvalue weighted by atomic mass is 16.5. The summed E-state index contributed by atoms with van der Waals surface area (Å²) in [7, 11) is 0. The maximum Gasteiger partial charge on any atom is 0.338 e. The molecule has 2 aromatic carbocycles. The molecule has 0 saturated carbocycles. The summed E-state index contributed by atoms with van der Waals surface area (Å²) < 4.78 is 4.97. The number of amides is 3. The molecule has 3 atom stereocenters. The van der Waals surface area contributed by atoms with Crippen molar-refractivity contribution in [2.45, 2.75) is 31.3 Å². The summed E-state index contributed by atoms with van der Waals surface area (Å²) in [6.07, 6.45) is 0.270. The Morgan fingerprint density at radius 1 is 1.16 bits per heavy atom. The van der Waals surface area contributed by atoms with Crippen LogP contribution in [0.5, 0.6) is 0 Å². The zero-order chi connectivity index (χ0) is 22.9. The fraction of sp³-hybridized carbons (Fsp3) is 0.304. The number of nitrogens with two attached hydrogens (primary N) is 1. The predicted octanol–water partition coefficient (Wildman–Crippen LogP) is 1.50. The molecule has 2 aromatic rings. The van der Waals surface area contributed by atoms with E-state index in [9.17, 15) is 19.2 Å². The largest absolute Gasteiger partial charge is 0.462 e. The van der Waals surface area contributed by atoms with Crippen molar-refractivity contribution in [3.8, 4) is 0 Å². The molecule has 2 aliphatic heterocycles. The summed E-state index contributed by atoms with van der Waals surface area (Å²) in [4.78, 5) is 49.8. The van der Waals surface area contributed by atoms with Crippen molar-refractivity contribution >= 4 is 35.1 Å². The average molecular weight is 436 g/mol. The molecule has 1 spiro atoms. The van der Waals surface area contributed by atoms with Crippen LogP contribution in [0.1, 0.15) is 35.7 Å². The lowest BCUT2D eigenvalue weighted by atomic mass is 9.79. The van der Waals surface area contributed by atoms with E-state index in [1.54, 1.807) is 55.5 Å². The Kier molecular flexibility index (Phi) is 5.67. The molecule has 2 heterocycles. The molecule has 2 aliphatic rings. The smallest absolute Gasteiger partial charge is 0.338 e. The Labute approximate surface area is 184 Å². The van der Waals surface area contributed by atoms with E-state index in [1.807, 2.05) is 0 Å². The zero-order valence-corrected chi connectivity index (χ0v) is 17.5. The SMILES string of the molecule is CCOC(=O)c1ccc(NC(=O)[C@H]2C[C@H](CC(N)=O)N[C@]23C(=O)Nc2ccccc23)cc1. The molecule has 0 unspecified atom stereocenters. The van der Waals surface area contributed by atoms with Gasteiger partial charge in [-0.1, -0.05) is 18.2 Å². The Bertz CT molecular complexity index is 1080. The third-order valence-electron chi connectivity index (χ3n) is 5.86. The fourth-order valence-corrected chi connectivity index (χ4v) is 4.53. The standard InChI is InChI=1S/C23H24N4O5/c1-2-32-21(30)13-7-9-14(10-8-13)25-20(29)17-11-15(12-19(24)28)27-23(17)16-5-3-4-6-18(16)26-22(23)31/h3-10,15,17,27H,2,11-12H2,1H3,(H2,24,28)(H,25,29)(H,26,31)/t15-,17-,23+/m1/s1. The summed E-state index contributed by atoms with van der Waals surface area (Å²) >= 11 is 0. The van der Waals surface area contributed by atoms with Gasteiger partial charge in [0, 0.05) is 29.4 Å². The maximum absolute atomic E-state index is 13.3. The third kappa shape index (κ3) is 3.71. The summed E-state index contributed by atoms with van der Waals surface area (Å²) in [5.74, 6) is -2.46. The number of carbonyl (C=O) groups excluding carboxylic acids is 4. The number of benzene rings is 2. The lowest BCUT2D eigenvalue weighted by Crippen LogP contribution is -2.52. The van der Waals surface area contributed by atoms with Gasteiger partial charge in [-0.25, -0.2) is 4.79 Å². The van der Waals surface area contributed by atoms with Gasteiger partial charge in [0.1, 0.15) is 5.54 Å². The first-order valence-corrected chi connectivity index (χ1v) is 10.4. The molecule has 0 aliphatic carbocycles. The van der Waals surface area contributed by atoms with Crippen LogP contribution < -0.4 is 21.7 Å². The van der Waals surface area contributed by atoms with Gasteiger partial charge in [0.25, 0.3) is 0 Å². The highest BCUT2D eigenvalue weighted by Gasteiger charge is 2.60. The van der Waals surface area contributed by atoms with E-state index in [0.29, 0.717) is 22.5 Å². The Balaban J connectivity index is 1.61. The maximum atomic E-state index is 13.3. The van der Waals surface area contributed by atoms with Crippen LogP contribution in [0, 0.1) is 5.92 Å². The number of carbonyl (C=O) groups is 4. The highest BCUT2D eigenvalue weighted by Crippen LogP contribution is 2.47. The lowest BCUT2D eigenvalue weighted by Gasteiger charge is -2.29. The Morgan fingerprint density at radius 3 is 2.56 bits per heavy atom. The van der Waals surface area contributed by atoms with Crippen LogP contribution >= 0.6 is 0 Å². The van der Waals surface area contributed by atoms with E-state index in [0.717, 1.165) is 0 Å². The van der Waals surface area contributed by atoms with Crippen LogP contribution in [0.25, 0.3) is 0 Å². The molecule has 3 amide bonds. The van der Waals surface area contributed by atoms with Crippen molar-refractivity contribution < 1.29 is 23.9 Å². The minimum absolute atomic E-state index is 0.00914. The van der Waals surface area contributed by atoms with Gasteiger partial charge in [-0.15, -0.1) is 0 Å². The number of primary amides is 1. The van der Waals surface area contributed by atoms with E-state index < -0.39 is 29.4 Å². The average Bonchev–Trinajstić information content (AvgIpc) is 3.27. The highest BCUT2D eigenvalue weighted by molar-refractivity contribution is 6.10. The summed E-state index contributed by atoms with van der Waals surface area (Å²) in [6.45, 7) is 1.99. The number of nitrogens with one attached hydrogen (secondary N) is 3. The molecule has 1 saturated heterocycles. The molecule has 1 fully saturated rings. The van der Waals surface area contributed by atoms with E-state index in [1.165, 1.54) is 0 Å². The van der Waals surface area contributed by atoms with Gasteiger partial charge in [-0.2, -0.15) is 0 Å². The van der Waals surface area contributed by atoms with Crippen LogP contribution in [0.15, 0.2) is 48.5 Å². The zero-order valence-electron chi connectivity index (χ0n) is 17.5. The Morgan fingerprint density at radius 2 is 1.88 bits per heavy atom. The summed E-state index contributed by atoms with van der Waals surface area (Å²) in [5, 5.41) is 8.89. The minimum atomic E-state index is -1.30. The predicted molar refractivity (Wildman–Crippen MR) is 117 cm³/mol. The number of hydrogen-bond acceptors (Lipinski definition) is 6. The van der Waals surface area contributed by atoms with Crippen LogP contribution in [-0.2, 0) is 24.7 Å². The van der Waals surface area contributed by atoms with E-state index in [4.69, 9.17) is 10.5 Å². The number of esters is 1. The van der Waals surface area contributed by atoms with Gasteiger partial charge in [0.15, 0.2) is 0 Å². The molecule has 4 rings (SSSR count). The number of ether oxygens (including phenoxy) is 1. The molecule has 9 nitrogen and oxygen atoms in total. The van der Waals surface area contributed by atoms with Gasteiger partial charge in [-0.3, -0.25) is 19.7 Å². The number of rotatable bonds is 6. The van der Waals surface area contributed by atoms with Crippen molar-refractivity contribution in [2.75, 3.05) is 17.2 Å². The van der Waals surface area contributed by atoms with Crippen LogP contribution in [0.4, 0.5) is 11.4 Å². The molecular weight excluding hydrogens is 412 g/mol. The van der Waals surface area contributed by atoms with E-state index in [2.05, 4.69) is 16.0 Å². The van der Waals surface area contributed by atoms with Crippen molar-refractivity contribution in [1.29, 1.82) is 0 Å². The first-order valence-electron chi connectivity index (χ1n) is 10.4. The van der Waals surface area contributed by atoms with E-state index in [-0.39, 0.29) is 31.3 Å². The second-order valence-electron chi connectivity index (χ2n) is 7.89. The van der Waals surface area contributed by atoms with Gasteiger partial charge >= 0.3 is 5.97 Å². The van der Waals surface area contributed by atoms with Gasteiger partial charge in [0.2, 0.25) is 17.7 Å². The summed E-state index contributed by atoms with van der Waals surface area (Å²) in [6, 6.07) is 13.1. The fourth-order valence-electron chi connectivity index (χ4n) is 4.53. The molecule has 166 valence electrons. The minimum Gasteiger partial charge on any atom is -0.462 e. The van der Waals surface area contributed by atoms with E-state index >= 15 is 0 Å². The first kappa shape index (κ1) is 21.5. The Hall–Kier alpha value is -3.72. The van der Waals surface area contributed by atoms with Gasteiger partial charge in [-0.05, 0) is 43.7 Å². The van der Waals surface area contributed by atoms with Gasteiger partial charge in [0.05, 0.1) is 18.1 Å². The number of anilines is 2. The van der Waals surface area contributed by atoms with Crippen LogP contribution in [0.2, 0.25) is 0 Å². The second kappa shape index (κ2) is 8.43. The van der Waals surface area contributed by atoms with Crippen LogP contribution in [-0.4, -0.2) is 36.3 Å². The molecule has 0 aromatic heterocycles. The molecule has 5 N–H and O–H groups in total. The topological polar surface area (TPSA) is 140 Å². The monoisotopic (exact) mass is 436 g/mol. The molecule has 32 heavy (non-hydrogen) atoms. The first-order chi connectivity index (χ1) is 15.3. The second-order valence-corrected chi connectivity index (χ2v) is 7.89. The molecule has 0 radical (unpaired) electrons. The van der Waals surface area contributed by atoms with Crippen molar-refractivity contribution in [2.24, 2.45) is 11.7 Å². The van der Waals surface area contributed by atoms with Crippen molar-refractivity contribution in [3.05, 3.63) is 59.7 Å². The lowest BCUT2D eigenvalue weighted by molar-refractivity contribution is -0.130. The van der Waals surface area contributed by atoms with Crippen molar-refractivity contribution in [1.82, 2.24) is 5.32 Å². The number of hydrogen-bond donors (Lipinski definition) is 4. The van der Waals surface area contributed by atoms with Gasteiger partial charge < -0.3 is 21.1 Å². The summed E-state index contributed by atoms with van der Waals surface area (Å²) in [5.41, 5.74) is 6.21. The van der Waals surface area contributed by atoms with Crippen molar-refractivity contribution in [3.63, 3.8) is 0 Å². The molecular formula is C23H24N4O5. The van der Waals surface area contributed by atoms with Crippen LogP contribution in [0.3, 0.4) is 0 Å². The normalized spacial score (nSPS) is 23.5.